The number of carbonyl (C=O) groups is 1. The molecule has 2 atom stereocenters. The number of likely N-dealkylation sites (tertiary alicyclic amines) is 1. The fourth-order valence-corrected chi connectivity index (χ4v) is 4.11. The molecule has 3 rings (SSSR count). The van der Waals surface area contributed by atoms with Gasteiger partial charge in [0, 0.05) is 11.6 Å². The van der Waals surface area contributed by atoms with Crippen molar-refractivity contribution in [2.75, 3.05) is 13.1 Å². The van der Waals surface area contributed by atoms with E-state index in [1.54, 1.807) is 0 Å². The maximum absolute atomic E-state index is 12.6. The predicted molar refractivity (Wildman–Crippen MR) is 86.8 cm³/mol. The Kier molecular flexibility index (Phi) is 4.44. The van der Waals surface area contributed by atoms with E-state index in [1.165, 1.54) is 49.7 Å². The maximum atomic E-state index is 12.6. The number of benzene rings is 1. The van der Waals surface area contributed by atoms with E-state index in [1.807, 2.05) is 6.07 Å². The third kappa shape index (κ3) is 3.21. The van der Waals surface area contributed by atoms with Crippen molar-refractivity contribution < 1.29 is 4.79 Å². The lowest BCUT2D eigenvalue weighted by Gasteiger charge is -2.43. The first-order chi connectivity index (χ1) is 10.1. The molecule has 1 heterocycles. The third-order valence-electron chi connectivity index (χ3n) is 5.53. The van der Waals surface area contributed by atoms with Crippen molar-refractivity contribution in [1.29, 1.82) is 0 Å². The van der Waals surface area contributed by atoms with Crippen LogP contribution in [0.3, 0.4) is 0 Å². The highest BCUT2D eigenvalue weighted by molar-refractivity contribution is 5.97. The second kappa shape index (κ2) is 6.31. The fourth-order valence-electron chi connectivity index (χ4n) is 4.11. The molecule has 0 amide bonds. The van der Waals surface area contributed by atoms with Gasteiger partial charge in [-0.3, -0.25) is 9.69 Å². The van der Waals surface area contributed by atoms with Gasteiger partial charge >= 0.3 is 0 Å². The van der Waals surface area contributed by atoms with Crippen LogP contribution in [0.25, 0.3) is 0 Å². The van der Waals surface area contributed by atoms with Crippen LogP contribution in [-0.4, -0.2) is 29.8 Å². The molecule has 1 saturated carbocycles. The van der Waals surface area contributed by atoms with Gasteiger partial charge < -0.3 is 0 Å². The minimum absolute atomic E-state index is 0.296. The highest BCUT2D eigenvalue weighted by Crippen LogP contribution is 2.35. The van der Waals surface area contributed by atoms with E-state index in [-0.39, 0.29) is 0 Å². The Labute approximate surface area is 128 Å². The number of fused-ring (bicyclic) bond motifs is 1. The number of Topliss-reactive ketones (excluding diaryl/α,β-unsaturated/α-hetero) is 1. The first-order valence-corrected chi connectivity index (χ1v) is 8.49. The lowest BCUT2D eigenvalue weighted by atomic mass is 9.78. The van der Waals surface area contributed by atoms with Gasteiger partial charge in [0.15, 0.2) is 5.78 Å². The van der Waals surface area contributed by atoms with Crippen molar-refractivity contribution in [3.8, 4) is 0 Å². The van der Waals surface area contributed by atoms with Gasteiger partial charge in [-0.15, -0.1) is 0 Å². The van der Waals surface area contributed by atoms with Crippen LogP contribution in [0.2, 0.25) is 0 Å². The molecule has 0 N–H and O–H groups in total. The summed E-state index contributed by atoms with van der Waals surface area (Å²) < 4.78 is 0. The Balaban J connectivity index is 1.69. The van der Waals surface area contributed by atoms with Crippen LogP contribution < -0.4 is 0 Å². The fraction of sp³-hybridized carbons (Fsp3) is 0.632. The molecule has 0 unspecified atom stereocenters. The zero-order valence-electron chi connectivity index (χ0n) is 13.4. The second-order valence-electron chi connectivity index (χ2n) is 6.95. The van der Waals surface area contributed by atoms with Gasteiger partial charge in [-0.25, -0.2) is 0 Å². The zero-order valence-corrected chi connectivity index (χ0v) is 13.4. The molecular weight excluding hydrogens is 258 g/mol. The molecule has 0 bridgehead atoms. The molecule has 0 spiro atoms. The number of hydrogen-bond acceptors (Lipinski definition) is 2. The van der Waals surface area contributed by atoms with Gasteiger partial charge in [0.2, 0.25) is 0 Å². The summed E-state index contributed by atoms with van der Waals surface area (Å²) in [5, 5.41) is 0. The molecule has 1 aromatic rings. The minimum atomic E-state index is 0.296. The smallest absolute Gasteiger partial charge is 0.176 e. The van der Waals surface area contributed by atoms with Gasteiger partial charge in [0.1, 0.15) is 0 Å². The van der Waals surface area contributed by atoms with Crippen LogP contribution in [0.1, 0.15) is 60.0 Å². The number of rotatable bonds is 3. The highest BCUT2D eigenvalue weighted by Gasteiger charge is 2.33. The third-order valence-corrected chi connectivity index (χ3v) is 5.53. The quantitative estimate of drug-likeness (QED) is 0.778. The van der Waals surface area contributed by atoms with Gasteiger partial charge in [-0.2, -0.15) is 0 Å². The van der Waals surface area contributed by atoms with Crippen molar-refractivity contribution in [2.45, 2.75) is 58.4 Å². The molecule has 1 saturated heterocycles. The average Bonchev–Trinajstić information content (AvgIpc) is 2.50. The van der Waals surface area contributed by atoms with Crippen LogP contribution >= 0.6 is 0 Å². The number of nitrogens with zero attached hydrogens (tertiary/aromatic N) is 1. The molecular formula is C19H27NO. The SMILES string of the molecule is Cc1ccc(C(=O)CN2CCC[C@H]3CCCC[C@H]32)cc1C. The van der Waals surface area contributed by atoms with Crippen molar-refractivity contribution in [2.24, 2.45) is 5.92 Å². The largest absolute Gasteiger partial charge is 0.293 e. The topological polar surface area (TPSA) is 20.3 Å². The summed E-state index contributed by atoms with van der Waals surface area (Å²) in [4.78, 5) is 15.1. The Hall–Kier alpha value is -1.15. The van der Waals surface area contributed by atoms with Crippen molar-refractivity contribution >= 4 is 5.78 Å². The number of ketones is 1. The van der Waals surface area contributed by atoms with Crippen LogP contribution in [0.15, 0.2) is 18.2 Å². The molecule has 1 aromatic carbocycles. The molecule has 1 aliphatic heterocycles. The Morgan fingerprint density at radius 3 is 2.67 bits per heavy atom. The molecule has 2 aliphatic rings. The second-order valence-corrected chi connectivity index (χ2v) is 6.95. The Morgan fingerprint density at radius 2 is 1.86 bits per heavy atom. The van der Waals surface area contributed by atoms with E-state index in [0.717, 1.165) is 18.0 Å². The van der Waals surface area contributed by atoms with Gasteiger partial charge in [0.25, 0.3) is 0 Å². The van der Waals surface area contributed by atoms with Crippen LogP contribution in [0, 0.1) is 19.8 Å². The standard InChI is InChI=1S/C19H27NO/c1-14-9-10-17(12-15(14)2)19(21)13-20-11-5-7-16-6-3-4-8-18(16)20/h9-10,12,16,18H,3-8,11,13H2,1-2H3/t16-,18-/m1/s1. The molecule has 2 fully saturated rings. The lowest BCUT2D eigenvalue weighted by molar-refractivity contribution is 0.0539. The number of piperidine rings is 1. The summed E-state index contributed by atoms with van der Waals surface area (Å²) in [6.07, 6.45) is 8.04. The first kappa shape index (κ1) is 14.8. The first-order valence-electron chi connectivity index (χ1n) is 8.49. The summed E-state index contributed by atoms with van der Waals surface area (Å²) in [7, 11) is 0. The van der Waals surface area contributed by atoms with E-state index in [0.29, 0.717) is 18.4 Å². The average molecular weight is 285 g/mol. The van der Waals surface area contributed by atoms with Crippen LogP contribution in [0.5, 0.6) is 0 Å². The molecule has 2 heteroatoms. The molecule has 0 aromatic heterocycles. The lowest BCUT2D eigenvalue weighted by Crippen LogP contribution is -2.48. The highest BCUT2D eigenvalue weighted by atomic mass is 16.1. The molecule has 114 valence electrons. The van der Waals surface area contributed by atoms with Gasteiger partial charge in [0.05, 0.1) is 6.54 Å². The molecule has 0 radical (unpaired) electrons. The zero-order chi connectivity index (χ0) is 14.8. The van der Waals surface area contributed by atoms with Crippen molar-refractivity contribution in [3.63, 3.8) is 0 Å². The van der Waals surface area contributed by atoms with E-state index >= 15 is 0 Å². The Morgan fingerprint density at radius 1 is 1.10 bits per heavy atom. The van der Waals surface area contributed by atoms with Gasteiger partial charge in [-0.1, -0.05) is 25.0 Å². The van der Waals surface area contributed by atoms with E-state index in [9.17, 15) is 4.79 Å². The predicted octanol–water partition coefficient (Wildman–Crippen LogP) is 4.14. The van der Waals surface area contributed by atoms with Crippen molar-refractivity contribution in [1.82, 2.24) is 4.90 Å². The number of carbonyl (C=O) groups excluding carboxylic acids is 1. The summed E-state index contributed by atoms with van der Waals surface area (Å²) in [6.45, 7) is 5.91. The number of hydrogen-bond donors (Lipinski definition) is 0. The van der Waals surface area contributed by atoms with E-state index in [4.69, 9.17) is 0 Å². The minimum Gasteiger partial charge on any atom is -0.293 e. The van der Waals surface area contributed by atoms with Crippen molar-refractivity contribution in [3.05, 3.63) is 34.9 Å². The summed E-state index contributed by atoms with van der Waals surface area (Å²) in [6, 6.07) is 6.79. The number of aryl methyl sites for hydroxylation is 2. The Bertz CT molecular complexity index is 520. The monoisotopic (exact) mass is 285 g/mol. The molecule has 21 heavy (non-hydrogen) atoms. The van der Waals surface area contributed by atoms with Gasteiger partial charge in [-0.05, 0) is 69.2 Å². The van der Waals surface area contributed by atoms with Crippen LogP contribution in [0.4, 0.5) is 0 Å². The molecule has 1 aliphatic carbocycles. The normalized spacial score (nSPS) is 26.4. The van der Waals surface area contributed by atoms with E-state index in [2.05, 4.69) is 30.9 Å². The van der Waals surface area contributed by atoms with Crippen LogP contribution in [-0.2, 0) is 0 Å². The molecule has 2 nitrogen and oxygen atoms in total. The summed E-state index contributed by atoms with van der Waals surface area (Å²) in [5.41, 5.74) is 3.36. The maximum Gasteiger partial charge on any atom is 0.176 e. The summed E-state index contributed by atoms with van der Waals surface area (Å²) in [5.74, 6) is 1.14. The van der Waals surface area contributed by atoms with E-state index < -0.39 is 0 Å². The summed E-state index contributed by atoms with van der Waals surface area (Å²) >= 11 is 0.